The zero-order valence-corrected chi connectivity index (χ0v) is 16.1. The lowest BCUT2D eigenvalue weighted by molar-refractivity contribution is 0.116. The van der Waals surface area contributed by atoms with E-state index in [1.165, 1.54) is 11.1 Å². The van der Waals surface area contributed by atoms with Crippen LogP contribution in [0.15, 0.2) is 42.5 Å². The molecule has 0 spiro atoms. The molecule has 2 aliphatic rings. The van der Waals surface area contributed by atoms with Gasteiger partial charge in [0.05, 0.1) is 12.2 Å². The van der Waals surface area contributed by atoms with Crippen molar-refractivity contribution in [1.29, 1.82) is 0 Å². The number of likely N-dealkylation sites (tertiary alicyclic amines) is 1. The molecule has 27 heavy (non-hydrogen) atoms. The van der Waals surface area contributed by atoms with Gasteiger partial charge >= 0.3 is 0 Å². The summed E-state index contributed by atoms with van der Waals surface area (Å²) in [5, 5.41) is 19.9. The highest BCUT2D eigenvalue weighted by molar-refractivity contribution is 5.33. The first kappa shape index (κ1) is 18.3. The first-order valence-electron chi connectivity index (χ1n) is 9.90. The van der Waals surface area contributed by atoms with Crippen molar-refractivity contribution in [1.82, 2.24) is 4.90 Å². The molecular formula is C23H29NO3. The molecule has 4 heteroatoms. The van der Waals surface area contributed by atoms with E-state index in [2.05, 4.69) is 36.9 Å². The molecule has 0 bridgehead atoms. The number of aliphatic hydroxyl groups excluding tert-OH is 1. The second kappa shape index (κ2) is 7.53. The van der Waals surface area contributed by atoms with Crippen LogP contribution in [0.1, 0.15) is 35.6 Å². The summed E-state index contributed by atoms with van der Waals surface area (Å²) in [6.45, 7) is 6.94. The van der Waals surface area contributed by atoms with Crippen LogP contribution >= 0.6 is 0 Å². The highest BCUT2D eigenvalue weighted by Crippen LogP contribution is 2.40. The van der Waals surface area contributed by atoms with Gasteiger partial charge in [-0.2, -0.15) is 0 Å². The Balaban J connectivity index is 1.29. The topological polar surface area (TPSA) is 52.9 Å². The van der Waals surface area contributed by atoms with E-state index in [-0.39, 0.29) is 5.75 Å². The zero-order chi connectivity index (χ0) is 19.0. The molecule has 1 saturated carbocycles. The van der Waals surface area contributed by atoms with Crippen molar-refractivity contribution in [2.24, 2.45) is 11.8 Å². The van der Waals surface area contributed by atoms with Gasteiger partial charge < -0.3 is 14.9 Å². The smallest absolute Gasteiger partial charge is 0.120 e. The Bertz CT molecular complexity index is 754. The second-order valence-electron chi connectivity index (χ2n) is 8.38. The third kappa shape index (κ3) is 4.28. The van der Waals surface area contributed by atoms with E-state index < -0.39 is 6.10 Å². The van der Waals surface area contributed by atoms with Crippen molar-refractivity contribution in [2.45, 2.75) is 38.9 Å². The lowest BCUT2D eigenvalue weighted by atomic mass is 10.0. The Kier molecular flexibility index (Phi) is 5.11. The minimum absolute atomic E-state index is 0.233. The molecule has 1 heterocycles. The van der Waals surface area contributed by atoms with Gasteiger partial charge in [-0.1, -0.05) is 18.2 Å². The predicted molar refractivity (Wildman–Crippen MR) is 106 cm³/mol. The van der Waals surface area contributed by atoms with E-state index in [0.29, 0.717) is 24.5 Å². The maximum absolute atomic E-state index is 10.5. The number of phenols is 1. The molecule has 0 aromatic heterocycles. The van der Waals surface area contributed by atoms with Crippen molar-refractivity contribution in [3.8, 4) is 11.5 Å². The van der Waals surface area contributed by atoms with Crippen molar-refractivity contribution in [3.63, 3.8) is 0 Å². The van der Waals surface area contributed by atoms with Gasteiger partial charge in [0.25, 0.3) is 0 Å². The summed E-state index contributed by atoms with van der Waals surface area (Å²) in [7, 11) is 0. The van der Waals surface area contributed by atoms with Crippen molar-refractivity contribution in [2.75, 3.05) is 19.6 Å². The quantitative estimate of drug-likeness (QED) is 0.843. The molecule has 2 fully saturated rings. The number of fused-ring (bicyclic) bond motifs is 1. The first-order chi connectivity index (χ1) is 13.0. The van der Waals surface area contributed by atoms with Gasteiger partial charge in [0.2, 0.25) is 0 Å². The fraction of sp³-hybridized carbons (Fsp3) is 0.478. The molecule has 4 atom stereocenters. The fourth-order valence-corrected chi connectivity index (χ4v) is 4.83. The van der Waals surface area contributed by atoms with Crippen LogP contribution in [-0.2, 0) is 0 Å². The summed E-state index contributed by atoms with van der Waals surface area (Å²) in [6, 6.07) is 13.3. The van der Waals surface area contributed by atoms with Gasteiger partial charge in [-0.25, -0.2) is 0 Å². The second-order valence-corrected chi connectivity index (χ2v) is 8.38. The molecule has 4 nitrogen and oxygen atoms in total. The average molecular weight is 367 g/mol. The summed E-state index contributed by atoms with van der Waals surface area (Å²) < 4.78 is 6.28. The van der Waals surface area contributed by atoms with Gasteiger partial charge in [-0.15, -0.1) is 0 Å². The summed E-state index contributed by atoms with van der Waals surface area (Å²) in [4.78, 5) is 2.37. The number of ether oxygens (including phenoxy) is 1. The van der Waals surface area contributed by atoms with Crippen molar-refractivity contribution < 1.29 is 14.9 Å². The molecule has 2 aromatic rings. The summed E-state index contributed by atoms with van der Waals surface area (Å²) >= 11 is 0. The first-order valence-corrected chi connectivity index (χ1v) is 9.90. The number of hydrogen-bond donors (Lipinski definition) is 2. The lowest BCUT2D eigenvalue weighted by Crippen LogP contribution is -2.28. The molecule has 1 saturated heterocycles. The van der Waals surface area contributed by atoms with Crippen LogP contribution < -0.4 is 4.74 Å². The number of rotatable bonds is 5. The summed E-state index contributed by atoms with van der Waals surface area (Å²) in [6.07, 6.45) is 2.00. The van der Waals surface area contributed by atoms with E-state index in [1.54, 1.807) is 24.3 Å². The van der Waals surface area contributed by atoms with E-state index in [4.69, 9.17) is 4.74 Å². The van der Waals surface area contributed by atoms with Crippen molar-refractivity contribution >= 4 is 0 Å². The number of aromatic hydroxyl groups is 1. The van der Waals surface area contributed by atoms with E-state index in [9.17, 15) is 10.2 Å². The maximum Gasteiger partial charge on any atom is 0.120 e. The molecule has 1 aliphatic carbocycles. The molecule has 2 unspecified atom stereocenters. The average Bonchev–Trinajstić information content (AvgIpc) is 3.12. The maximum atomic E-state index is 10.5. The van der Waals surface area contributed by atoms with Crippen LogP contribution in [0.5, 0.6) is 11.5 Å². The number of benzene rings is 2. The summed E-state index contributed by atoms with van der Waals surface area (Å²) in [5.41, 5.74) is 3.36. The Hall–Kier alpha value is -2.04. The van der Waals surface area contributed by atoms with E-state index in [1.807, 2.05) is 0 Å². The van der Waals surface area contributed by atoms with Gasteiger partial charge in [0.15, 0.2) is 0 Å². The number of phenolic OH excluding ortho intramolecular Hbond substituents is 1. The van der Waals surface area contributed by atoms with Gasteiger partial charge in [0.1, 0.15) is 11.5 Å². The van der Waals surface area contributed by atoms with Gasteiger partial charge in [-0.3, -0.25) is 4.90 Å². The third-order valence-corrected chi connectivity index (χ3v) is 5.99. The molecule has 2 aromatic carbocycles. The lowest BCUT2D eigenvalue weighted by Gasteiger charge is -2.22. The molecule has 4 rings (SSSR count). The Morgan fingerprint density at radius 3 is 2.19 bits per heavy atom. The third-order valence-electron chi connectivity index (χ3n) is 5.99. The monoisotopic (exact) mass is 367 g/mol. The largest absolute Gasteiger partial charge is 0.508 e. The minimum Gasteiger partial charge on any atom is -0.508 e. The summed E-state index contributed by atoms with van der Waals surface area (Å²) in [5.74, 6) is 2.55. The predicted octanol–water partition coefficient (Wildman–Crippen LogP) is 3.83. The van der Waals surface area contributed by atoms with E-state index in [0.717, 1.165) is 37.2 Å². The van der Waals surface area contributed by atoms with Crippen LogP contribution in [0.4, 0.5) is 0 Å². The number of nitrogens with zero attached hydrogens (tertiary/aromatic N) is 1. The standard InChI is InChI=1S/C23H29NO3/c1-15-7-16(2)9-21(8-15)27-22-10-18-12-24(13-19(18)11-22)14-23(26)17-3-5-20(25)6-4-17/h3-9,18-19,22-23,25-26H,10-14H2,1-2H3/t18-,19+,22?,23?. The Morgan fingerprint density at radius 2 is 1.59 bits per heavy atom. The number of β-amino-alcohol motifs (C(OH)–C–C–N with tert-alkyl or cyclic N) is 1. The molecular weight excluding hydrogens is 338 g/mol. The SMILES string of the molecule is Cc1cc(C)cc(OC2C[C@@H]3CN(CC(O)c4ccc(O)cc4)C[C@@H]3C2)c1. The van der Waals surface area contributed by atoms with Crippen molar-refractivity contribution in [3.05, 3.63) is 59.2 Å². The fourth-order valence-electron chi connectivity index (χ4n) is 4.83. The molecule has 144 valence electrons. The Labute approximate surface area is 161 Å². The normalized spacial score (nSPS) is 26.1. The molecule has 2 N–H and O–H groups in total. The molecule has 1 aliphatic heterocycles. The van der Waals surface area contributed by atoms with Crippen LogP contribution in [0.2, 0.25) is 0 Å². The zero-order valence-electron chi connectivity index (χ0n) is 16.1. The Morgan fingerprint density at radius 1 is 1.00 bits per heavy atom. The molecule has 0 amide bonds. The van der Waals surface area contributed by atoms with Crippen LogP contribution in [-0.4, -0.2) is 40.9 Å². The van der Waals surface area contributed by atoms with Crippen LogP contribution in [0.3, 0.4) is 0 Å². The minimum atomic E-state index is -0.508. The molecule has 0 radical (unpaired) electrons. The highest BCUT2D eigenvalue weighted by Gasteiger charge is 2.42. The number of aryl methyl sites for hydroxylation is 2. The van der Waals surface area contributed by atoms with Crippen LogP contribution in [0, 0.1) is 25.7 Å². The number of hydrogen-bond acceptors (Lipinski definition) is 4. The number of aliphatic hydroxyl groups is 1. The van der Waals surface area contributed by atoms with Gasteiger partial charge in [-0.05, 0) is 79.5 Å². The van der Waals surface area contributed by atoms with Crippen LogP contribution in [0.25, 0.3) is 0 Å². The van der Waals surface area contributed by atoms with Gasteiger partial charge in [0, 0.05) is 19.6 Å². The van der Waals surface area contributed by atoms with E-state index >= 15 is 0 Å². The highest BCUT2D eigenvalue weighted by atomic mass is 16.5.